The fraction of sp³-hybridized carbons (Fsp3) is 0.273. The van der Waals surface area contributed by atoms with Crippen LogP contribution in [0, 0.1) is 0 Å². The second-order valence-corrected chi connectivity index (χ2v) is 7.29. The van der Waals surface area contributed by atoms with E-state index in [0.29, 0.717) is 5.92 Å². The molecule has 2 aromatic carbocycles. The van der Waals surface area contributed by atoms with Gasteiger partial charge < -0.3 is 15.4 Å². The summed E-state index contributed by atoms with van der Waals surface area (Å²) in [5.41, 5.74) is 4.63. The van der Waals surface area contributed by atoms with Crippen molar-refractivity contribution in [2.24, 2.45) is 0 Å². The highest BCUT2D eigenvalue weighted by molar-refractivity contribution is 6.07. The maximum atomic E-state index is 9.41. The summed E-state index contributed by atoms with van der Waals surface area (Å²) in [5.74, 6) is 2.34. The van der Waals surface area contributed by atoms with Gasteiger partial charge in [0.15, 0.2) is 5.82 Å². The zero-order chi connectivity index (χ0) is 18.2. The van der Waals surface area contributed by atoms with Gasteiger partial charge in [0.05, 0.1) is 17.6 Å². The summed E-state index contributed by atoms with van der Waals surface area (Å²) in [7, 11) is 0. The molecule has 2 aromatic heterocycles. The van der Waals surface area contributed by atoms with Crippen molar-refractivity contribution in [3.63, 3.8) is 0 Å². The number of pyridine rings is 1. The third kappa shape index (κ3) is 2.94. The summed E-state index contributed by atoms with van der Waals surface area (Å²) in [6.45, 7) is 0.0182. The van der Waals surface area contributed by atoms with Crippen molar-refractivity contribution in [1.29, 1.82) is 0 Å². The first kappa shape index (κ1) is 16.3. The number of nitrogens with zero attached hydrogens (tertiary/aromatic N) is 2. The molecule has 1 fully saturated rings. The average Bonchev–Trinajstić information content (AvgIpc) is 3.38. The molecule has 0 bridgehead atoms. The third-order valence-electron chi connectivity index (χ3n) is 5.47. The van der Waals surface area contributed by atoms with Gasteiger partial charge >= 0.3 is 0 Å². The Balaban J connectivity index is 1.66. The Morgan fingerprint density at radius 3 is 2.74 bits per heavy atom. The summed E-state index contributed by atoms with van der Waals surface area (Å²) in [6.07, 6.45) is 4.96. The van der Waals surface area contributed by atoms with Crippen LogP contribution in [0.25, 0.3) is 21.9 Å². The predicted molar refractivity (Wildman–Crippen MR) is 108 cm³/mol. The molecule has 5 nitrogen and oxygen atoms in total. The zero-order valence-electron chi connectivity index (χ0n) is 15.1. The van der Waals surface area contributed by atoms with Crippen LogP contribution in [0.3, 0.4) is 0 Å². The molecular formula is C22H22N4O. The number of para-hydroxylation sites is 1. The van der Waals surface area contributed by atoms with E-state index < -0.39 is 0 Å². The number of aromatic nitrogens is 3. The lowest BCUT2D eigenvalue weighted by Gasteiger charge is -2.09. The first-order chi connectivity index (χ1) is 13.3. The molecule has 0 aliphatic heterocycles. The van der Waals surface area contributed by atoms with Crippen molar-refractivity contribution < 1.29 is 5.11 Å². The Bertz CT molecular complexity index is 1110. The van der Waals surface area contributed by atoms with Crippen LogP contribution in [-0.4, -0.2) is 20.1 Å². The maximum Gasteiger partial charge on any atom is 0.159 e. The highest BCUT2D eigenvalue weighted by Gasteiger charge is 2.22. The number of fused-ring (bicyclic) bond motifs is 3. The Labute approximate surface area is 157 Å². The molecule has 1 aliphatic rings. The van der Waals surface area contributed by atoms with Gasteiger partial charge in [-0.3, -0.25) is 0 Å². The largest absolute Gasteiger partial charge is 0.392 e. The lowest BCUT2D eigenvalue weighted by atomic mass is 10.1. The number of aliphatic hydroxyl groups is 1. The number of aromatic amines is 1. The van der Waals surface area contributed by atoms with Crippen molar-refractivity contribution >= 4 is 33.4 Å². The smallest absolute Gasteiger partial charge is 0.159 e. The van der Waals surface area contributed by atoms with Crippen molar-refractivity contribution in [1.82, 2.24) is 15.0 Å². The Morgan fingerprint density at radius 2 is 1.89 bits per heavy atom. The van der Waals surface area contributed by atoms with Crippen LogP contribution in [0.2, 0.25) is 0 Å². The van der Waals surface area contributed by atoms with Gasteiger partial charge in [-0.2, -0.15) is 0 Å². The normalized spacial score (nSPS) is 15.0. The molecule has 4 aromatic rings. The molecule has 0 radical (unpaired) electrons. The van der Waals surface area contributed by atoms with E-state index >= 15 is 0 Å². The molecule has 27 heavy (non-hydrogen) atoms. The van der Waals surface area contributed by atoms with Crippen LogP contribution in [0.4, 0.5) is 11.5 Å². The molecule has 0 spiro atoms. The van der Waals surface area contributed by atoms with Crippen molar-refractivity contribution in [2.75, 3.05) is 5.32 Å². The first-order valence-electron chi connectivity index (χ1n) is 9.57. The highest BCUT2D eigenvalue weighted by Crippen LogP contribution is 2.36. The number of benzene rings is 2. The minimum absolute atomic E-state index is 0.0182. The Kier molecular flexibility index (Phi) is 4.02. The van der Waals surface area contributed by atoms with E-state index in [0.717, 1.165) is 44.8 Å². The predicted octanol–water partition coefficient (Wildman–Crippen LogP) is 5.00. The van der Waals surface area contributed by atoms with E-state index in [9.17, 15) is 5.11 Å². The quantitative estimate of drug-likeness (QED) is 0.480. The van der Waals surface area contributed by atoms with Gasteiger partial charge in [0.1, 0.15) is 11.3 Å². The van der Waals surface area contributed by atoms with Crippen molar-refractivity contribution in [3.8, 4) is 0 Å². The number of rotatable bonds is 4. The number of hydrogen-bond donors (Lipinski definition) is 3. The van der Waals surface area contributed by atoms with Gasteiger partial charge in [-0.05, 0) is 36.6 Å². The van der Waals surface area contributed by atoms with Gasteiger partial charge in [-0.25, -0.2) is 9.97 Å². The van der Waals surface area contributed by atoms with Crippen LogP contribution in [0.1, 0.15) is 43.0 Å². The van der Waals surface area contributed by atoms with Gasteiger partial charge in [-0.1, -0.05) is 43.2 Å². The highest BCUT2D eigenvalue weighted by atomic mass is 16.3. The monoisotopic (exact) mass is 358 g/mol. The molecule has 136 valence electrons. The molecule has 1 saturated carbocycles. The van der Waals surface area contributed by atoms with E-state index in [4.69, 9.17) is 9.97 Å². The van der Waals surface area contributed by atoms with Gasteiger partial charge in [0.2, 0.25) is 0 Å². The van der Waals surface area contributed by atoms with Crippen LogP contribution in [-0.2, 0) is 6.61 Å². The van der Waals surface area contributed by atoms with E-state index in [-0.39, 0.29) is 6.61 Å². The molecule has 2 heterocycles. The number of imidazole rings is 1. The van der Waals surface area contributed by atoms with E-state index in [1.54, 1.807) is 0 Å². The molecule has 0 unspecified atom stereocenters. The lowest BCUT2D eigenvalue weighted by molar-refractivity contribution is 0.282. The zero-order valence-corrected chi connectivity index (χ0v) is 15.1. The standard InChI is InChI=1S/C22H22N4O/c27-13-14-6-5-9-16(12-14)23-22-20-19(17-10-3-4-11-18(17)24-22)25-21(26-20)15-7-1-2-8-15/h3-6,9-12,15,27H,1-2,7-8,13H2,(H,23,24)(H,25,26). The minimum Gasteiger partial charge on any atom is -0.392 e. The molecular weight excluding hydrogens is 336 g/mol. The van der Waals surface area contributed by atoms with Crippen LogP contribution in [0.5, 0.6) is 0 Å². The second kappa shape index (κ2) is 6.67. The van der Waals surface area contributed by atoms with Gasteiger partial charge in [-0.15, -0.1) is 0 Å². The molecule has 0 amide bonds. The van der Waals surface area contributed by atoms with E-state index in [1.807, 2.05) is 42.5 Å². The number of H-pyrrole nitrogens is 1. The summed E-state index contributed by atoms with van der Waals surface area (Å²) < 4.78 is 0. The molecule has 5 rings (SSSR count). The molecule has 0 atom stereocenters. The number of anilines is 2. The maximum absolute atomic E-state index is 9.41. The minimum atomic E-state index is 0.0182. The van der Waals surface area contributed by atoms with Crippen LogP contribution in [0.15, 0.2) is 48.5 Å². The Hall–Kier alpha value is -2.92. The van der Waals surface area contributed by atoms with Crippen molar-refractivity contribution in [2.45, 2.75) is 38.2 Å². The van der Waals surface area contributed by atoms with Gasteiger partial charge in [0, 0.05) is 17.0 Å². The summed E-state index contributed by atoms with van der Waals surface area (Å²) in [6, 6.07) is 15.9. The Morgan fingerprint density at radius 1 is 1.04 bits per heavy atom. The first-order valence-corrected chi connectivity index (χ1v) is 9.57. The summed E-state index contributed by atoms with van der Waals surface area (Å²) >= 11 is 0. The van der Waals surface area contributed by atoms with E-state index in [1.165, 1.54) is 25.7 Å². The fourth-order valence-electron chi connectivity index (χ4n) is 4.08. The number of aliphatic hydroxyl groups excluding tert-OH is 1. The second-order valence-electron chi connectivity index (χ2n) is 7.29. The fourth-order valence-corrected chi connectivity index (χ4v) is 4.08. The SMILES string of the molecule is OCc1cccc(Nc2nc3ccccc3c3[nH]c(C4CCCC4)nc23)c1. The summed E-state index contributed by atoms with van der Waals surface area (Å²) in [5, 5.41) is 13.9. The lowest BCUT2D eigenvalue weighted by Crippen LogP contribution is -1.97. The molecule has 5 heteroatoms. The topological polar surface area (TPSA) is 73.8 Å². The van der Waals surface area contributed by atoms with Gasteiger partial charge in [0.25, 0.3) is 0 Å². The molecule has 1 aliphatic carbocycles. The van der Waals surface area contributed by atoms with E-state index in [2.05, 4.69) is 16.4 Å². The summed E-state index contributed by atoms with van der Waals surface area (Å²) in [4.78, 5) is 13.4. The van der Waals surface area contributed by atoms with Crippen LogP contribution < -0.4 is 5.32 Å². The average molecular weight is 358 g/mol. The third-order valence-corrected chi connectivity index (χ3v) is 5.47. The van der Waals surface area contributed by atoms with Crippen molar-refractivity contribution in [3.05, 3.63) is 59.9 Å². The van der Waals surface area contributed by atoms with Crippen LogP contribution >= 0.6 is 0 Å². The molecule has 0 saturated heterocycles. The number of hydrogen-bond acceptors (Lipinski definition) is 4. The molecule has 3 N–H and O–H groups in total. The number of nitrogens with one attached hydrogen (secondary N) is 2.